The number of hydrogen-bond donors (Lipinski definition) is 2. The van der Waals surface area contributed by atoms with E-state index in [4.69, 9.17) is 5.73 Å². The van der Waals surface area contributed by atoms with Gasteiger partial charge in [-0.3, -0.25) is 15.0 Å². The SMILES string of the molecule is C[C@H](C(=O)NC(N)=O)N(C)Cc1cc(Br)ccc1F. The quantitative estimate of drug-likeness (QED) is 0.879. The number of primary amides is 1. The fraction of sp³-hybridized carbons (Fsp3) is 0.333. The summed E-state index contributed by atoms with van der Waals surface area (Å²) in [5, 5.41) is 1.99. The van der Waals surface area contributed by atoms with E-state index < -0.39 is 18.0 Å². The van der Waals surface area contributed by atoms with E-state index in [1.54, 1.807) is 31.0 Å². The molecule has 1 atom stereocenters. The molecule has 0 aromatic heterocycles. The maximum Gasteiger partial charge on any atom is 0.318 e. The number of nitrogens with one attached hydrogen (secondary N) is 1. The Hall–Kier alpha value is -1.47. The normalized spacial score (nSPS) is 12.3. The van der Waals surface area contributed by atoms with Gasteiger partial charge in [0.1, 0.15) is 5.82 Å². The molecule has 0 saturated carbocycles. The van der Waals surface area contributed by atoms with Crippen LogP contribution in [0.5, 0.6) is 0 Å². The van der Waals surface area contributed by atoms with Crippen LogP contribution in [-0.4, -0.2) is 29.9 Å². The van der Waals surface area contributed by atoms with Crippen molar-refractivity contribution in [2.75, 3.05) is 7.05 Å². The number of nitrogens with two attached hydrogens (primary N) is 1. The summed E-state index contributed by atoms with van der Waals surface area (Å²) < 4.78 is 14.3. The molecule has 0 spiro atoms. The van der Waals surface area contributed by atoms with Crippen molar-refractivity contribution in [1.82, 2.24) is 10.2 Å². The van der Waals surface area contributed by atoms with Gasteiger partial charge in [-0.2, -0.15) is 0 Å². The first-order valence-electron chi connectivity index (χ1n) is 5.55. The minimum Gasteiger partial charge on any atom is -0.351 e. The summed E-state index contributed by atoms with van der Waals surface area (Å²) in [6.07, 6.45) is 0. The number of rotatable bonds is 4. The van der Waals surface area contributed by atoms with Crippen LogP contribution < -0.4 is 11.1 Å². The van der Waals surface area contributed by atoms with Crippen LogP contribution in [0, 0.1) is 5.82 Å². The Bertz CT molecular complexity index is 496. The lowest BCUT2D eigenvalue weighted by atomic mass is 10.1. The summed E-state index contributed by atoms with van der Waals surface area (Å²) in [5.41, 5.74) is 5.33. The standard InChI is InChI=1S/C12H15BrFN3O2/c1-7(11(18)16-12(15)19)17(2)6-8-5-9(13)3-4-10(8)14/h3-5,7H,6H2,1-2H3,(H3,15,16,18,19)/t7-/m1/s1. The van der Waals surface area contributed by atoms with Crippen molar-refractivity contribution >= 4 is 27.9 Å². The number of carbonyl (C=O) groups excluding carboxylic acids is 2. The van der Waals surface area contributed by atoms with Gasteiger partial charge in [-0.1, -0.05) is 15.9 Å². The number of amides is 3. The Kier molecular flexibility index (Phi) is 5.44. The monoisotopic (exact) mass is 331 g/mol. The van der Waals surface area contributed by atoms with E-state index in [0.717, 1.165) is 4.47 Å². The smallest absolute Gasteiger partial charge is 0.318 e. The summed E-state index contributed by atoms with van der Waals surface area (Å²) in [5.74, 6) is -0.872. The van der Waals surface area contributed by atoms with Crippen molar-refractivity contribution in [1.29, 1.82) is 0 Å². The predicted molar refractivity (Wildman–Crippen MR) is 72.8 cm³/mol. The molecule has 0 aliphatic carbocycles. The van der Waals surface area contributed by atoms with Crippen LogP contribution in [0.3, 0.4) is 0 Å². The predicted octanol–water partition coefficient (Wildman–Crippen LogP) is 1.60. The molecule has 7 heteroatoms. The average Bonchev–Trinajstić information content (AvgIpc) is 2.31. The summed E-state index contributed by atoms with van der Waals surface area (Å²) >= 11 is 3.26. The summed E-state index contributed by atoms with van der Waals surface area (Å²) in [4.78, 5) is 23.8. The Morgan fingerprint density at radius 1 is 1.53 bits per heavy atom. The van der Waals surface area contributed by atoms with Gasteiger partial charge < -0.3 is 5.73 Å². The van der Waals surface area contributed by atoms with E-state index in [9.17, 15) is 14.0 Å². The zero-order chi connectivity index (χ0) is 14.6. The van der Waals surface area contributed by atoms with Gasteiger partial charge in [-0.25, -0.2) is 9.18 Å². The zero-order valence-electron chi connectivity index (χ0n) is 10.6. The highest BCUT2D eigenvalue weighted by atomic mass is 79.9. The second-order valence-corrected chi connectivity index (χ2v) is 5.10. The van der Waals surface area contributed by atoms with Gasteiger partial charge in [0.2, 0.25) is 5.91 Å². The highest BCUT2D eigenvalue weighted by Crippen LogP contribution is 2.17. The Morgan fingerprint density at radius 3 is 2.74 bits per heavy atom. The van der Waals surface area contributed by atoms with E-state index >= 15 is 0 Å². The Labute approximate surface area is 119 Å². The molecule has 3 amide bonds. The second-order valence-electron chi connectivity index (χ2n) is 4.18. The van der Waals surface area contributed by atoms with E-state index in [1.807, 2.05) is 5.32 Å². The van der Waals surface area contributed by atoms with Gasteiger partial charge in [0.05, 0.1) is 6.04 Å². The molecule has 0 saturated heterocycles. The van der Waals surface area contributed by atoms with Crippen LogP contribution in [0.1, 0.15) is 12.5 Å². The molecule has 5 nitrogen and oxygen atoms in total. The molecule has 0 radical (unpaired) electrons. The molecule has 3 N–H and O–H groups in total. The van der Waals surface area contributed by atoms with Crippen LogP contribution in [0.15, 0.2) is 22.7 Å². The van der Waals surface area contributed by atoms with Crippen molar-refractivity contribution < 1.29 is 14.0 Å². The highest BCUT2D eigenvalue weighted by molar-refractivity contribution is 9.10. The lowest BCUT2D eigenvalue weighted by Crippen LogP contribution is -2.46. The third kappa shape index (κ3) is 4.60. The summed E-state index contributed by atoms with van der Waals surface area (Å²) in [6.45, 7) is 1.84. The first-order valence-corrected chi connectivity index (χ1v) is 6.35. The lowest BCUT2D eigenvalue weighted by Gasteiger charge is -2.23. The van der Waals surface area contributed by atoms with Gasteiger partial charge in [-0.15, -0.1) is 0 Å². The van der Waals surface area contributed by atoms with Crippen molar-refractivity contribution in [3.63, 3.8) is 0 Å². The molecular formula is C12H15BrFN3O2. The topological polar surface area (TPSA) is 75.4 Å². The van der Waals surface area contributed by atoms with Crippen LogP contribution in [0.25, 0.3) is 0 Å². The van der Waals surface area contributed by atoms with Crippen molar-refractivity contribution in [2.24, 2.45) is 5.73 Å². The Morgan fingerprint density at radius 2 is 2.16 bits per heavy atom. The molecule has 0 unspecified atom stereocenters. The molecule has 1 aromatic carbocycles. The molecule has 0 heterocycles. The number of benzene rings is 1. The number of nitrogens with zero attached hydrogens (tertiary/aromatic N) is 1. The summed E-state index contributed by atoms with van der Waals surface area (Å²) in [7, 11) is 1.66. The summed E-state index contributed by atoms with van der Waals surface area (Å²) in [6, 6.07) is 3.08. The molecule has 1 aromatic rings. The van der Waals surface area contributed by atoms with Crippen molar-refractivity contribution in [2.45, 2.75) is 19.5 Å². The van der Waals surface area contributed by atoms with E-state index in [1.165, 1.54) is 6.07 Å². The van der Waals surface area contributed by atoms with Crippen LogP contribution >= 0.6 is 15.9 Å². The minimum absolute atomic E-state index is 0.235. The van der Waals surface area contributed by atoms with Crippen LogP contribution in [-0.2, 0) is 11.3 Å². The van der Waals surface area contributed by atoms with Crippen molar-refractivity contribution in [3.8, 4) is 0 Å². The molecule has 0 aliphatic rings. The third-order valence-corrected chi connectivity index (χ3v) is 3.21. The zero-order valence-corrected chi connectivity index (χ0v) is 12.2. The van der Waals surface area contributed by atoms with Crippen molar-refractivity contribution in [3.05, 3.63) is 34.1 Å². The van der Waals surface area contributed by atoms with Gasteiger partial charge in [-0.05, 0) is 32.2 Å². The fourth-order valence-corrected chi connectivity index (χ4v) is 1.90. The van der Waals surface area contributed by atoms with Gasteiger partial charge in [0, 0.05) is 16.6 Å². The average molecular weight is 332 g/mol. The first kappa shape index (κ1) is 15.6. The molecule has 0 bridgehead atoms. The highest BCUT2D eigenvalue weighted by Gasteiger charge is 2.20. The van der Waals surface area contributed by atoms with Gasteiger partial charge >= 0.3 is 6.03 Å². The van der Waals surface area contributed by atoms with E-state index in [-0.39, 0.29) is 12.4 Å². The van der Waals surface area contributed by atoms with Crippen LogP contribution in [0.4, 0.5) is 9.18 Å². The molecule has 19 heavy (non-hydrogen) atoms. The van der Waals surface area contributed by atoms with Gasteiger partial charge in [0.25, 0.3) is 0 Å². The maximum absolute atomic E-state index is 13.6. The number of carbonyl (C=O) groups is 2. The lowest BCUT2D eigenvalue weighted by molar-refractivity contribution is -0.124. The fourth-order valence-electron chi connectivity index (χ4n) is 1.50. The number of imide groups is 1. The number of urea groups is 1. The molecule has 0 aliphatic heterocycles. The second kappa shape index (κ2) is 6.63. The largest absolute Gasteiger partial charge is 0.351 e. The third-order valence-electron chi connectivity index (χ3n) is 2.71. The molecule has 1 rings (SSSR count). The molecular weight excluding hydrogens is 317 g/mol. The van der Waals surface area contributed by atoms with E-state index in [2.05, 4.69) is 15.9 Å². The van der Waals surface area contributed by atoms with E-state index in [0.29, 0.717) is 5.56 Å². The maximum atomic E-state index is 13.6. The number of likely N-dealkylation sites (N-methyl/N-ethyl adjacent to an activating group) is 1. The number of hydrogen-bond acceptors (Lipinski definition) is 3. The minimum atomic E-state index is -0.904. The molecule has 104 valence electrons. The first-order chi connectivity index (χ1) is 8.81. The van der Waals surface area contributed by atoms with Gasteiger partial charge in [0.15, 0.2) is 0 Å². The number of halogens is 2. The Balaban J connectivity index is 2.73. The molecule has 0 fully saturated rings. The van der Waals surface area contributed by atoms with Crippen LogP contribution in [0.2, 0.25) is 0 Å².